The fraction of sp³-hybridized carbons (Fsp3) is 0.174. The molecule has 0 atom stereocenters. The van der Waals surface area contributed by atoms with Gasteiger partial charge in [0.05, 0.1) is 21.2 Å². The van der Waals surface area contributed by atoms with Crippen molar-refractivity contribution >= 4 is 38.9 Å². The maximum Gasteiger partial charge on any atom is 0.417 e. The van der Waals surface area contributed by atoms with E-state index in [0.717, 1.165) is 23.3 Å². The van der Waals surface area contributed by atoms with Crippen LogP contribution in [0.4, 0.5) is 24.5 Å². The van der Waals surface area contributed by atoms with Crippen molar-refractivity contribution in [1.82, 2.24) is 0 Å². The largest absolute Gasteiger partial charge is 0.417 e. The lowest BCUT2D eigenvalue weighted by molar-refractivity contribution is -0.137. The Morgan fingerprint density at radius 1 is 0.970 bits per heavy atom. The highest BCUT2D eigenvalue weighted by Crippen LogP contribution is 2.38. The second-order valence-electron chi connectivity index (χ2n) is 7.41. The number of sulfonamides is 1. The van der Waals surface area contributed by atoms with Crippen molar-refractivity contribution in [1.29, 1.82) is 0 Å². The lowest BCUT2D eigenvalue weighted by atomic mass is 10.1. The average molecular weight is 497 g/mol. The van der Waals surface area contributed by atoms with Crippen LogP contribution in [0.1, 0.15) is 16.7 Å². The molecule has 3 aromatic carbocycles. The molecular formula is C23H20ClF3N2O3S. The molecule has 1 N–H and O–H groups in total. The van der Waals surface area contributed by atoms with Crippen LogP contribution in [0.2, 0.25) is 5.02 Å². The molecule has 0 aliphatic rings. The van der Waals surface area contributed by atoms with Crippen molar-refractivity contribution < 1.29 is 26.4 Å². The van der Waals surface area contributed by atoms with Crippen LogP contribution in [0.3, 0.4) is 0 Å². The van der Waals surface area contributed by atoms with Crippen LogP contribution < -0.4 is 9.62 Å². The number of alkyl halides is 3. The van der Waals surface area contributed by atoms with Gasteiger partial charge in [0.2, 0.25) is 5.91 Å². The first-order valence-corrected chi connectivity index (χ1v) is 11.5. The SMILES string of the molecule is Cc1cc(C)cc(NC(=O)CN(c2ccc(Cl)c(C(F)(F)F)c2)S(=O)(=O)c2ccccc2)c1. The minimum Gasteiger partial charge on any atom is -0.324 e. The van der Waals surface area contributed by atoms with Crippen LogP contribution in [0.25, 0.3) is 0 Å². The molecule has 0 aromatic heterocycles. The highest BCUT2D eigenvalue weighted by molar-refractivity contribution is 7.92. The molecule has 0 aliphatic heterocycles. The van der Waals surface area contributed by atoms with Gasteiger partial charge in [0.25, 0.3) is 10.0 Å². The van der Waals surface area contributed by atoms with E-state index in [9.17, 15) is 26.4 Å². The standard InChI is InChI=1S/C23H20ClF3N2O3S/c1-15-10-16(2)12-17(11-15)28-22(30)14-29(33(31,32)19-6-4-3-5-7-19)18-8-9-21(24)20(13-18)23(25,26)27/h3-13H,14H2,1-2H3,(H,28,30). The molecule has 0 saturated carbocycles. The van der Waals surface area contributed by atoms with Crippen molar-refractivity contribution in [3.8, 4) is 0 Å². The lowest BCUT2D eigenvalue weighted by Crippen LogP contribution is -2.38. The quantitative estimate of drug-likeness (QED) is 0.468. The van der Waals surface area contributed by atoms with Crippen LogP contribution in [0, 0.1) is 13.8 Å². The van der Waals surface area contributed by atoms with Crippen molar-refractivity contribution in [2.75, 3.05) is 16.2 Å². The predicted molar refractivity (Wildman–Crippen MR) is 122 cm³/mol. The number of benzene rings is 3. The van der Waals surface area contributed by atoms with Crippen LogP contribution >= 0.6 is 11.6 Å². The summed E-state index contributed by atoms with van der Waals surface area (Å²) in [6.45, 7) is 2.92. The summed E-state index contributed by atoms with van der Waals surface area (Å²) < 4.78 is 67.5. The van der Waals surface area contributed by atoms with Gasteiger partial charge in [-0.25, -0.2) is 8.42 Å². The number of hydrogen-bond donors (Lipinski definition) is 1. The highest BCUT2D eigenvalue weighted by Gasteiger charge is 2.35. The third-order valence-corrected chi connectivity index (χ3v) is 6.78. The Balaban J connectivity index is 2.04. The van der Waals surface area contributed by atoms with E-state index in [1.807, 2.05) is 19.9 Å². The summed E-state index contributed by atoms with van der Waals surface area (Å²) in [5.74, 6) is -0.719. The summed E-state index contributed by atoms with van der Waals surface area (Å²) in [6.07, 6.45) is -4.81. The van der Waals surface area contributed by atoms with Crippen LogP contribution in [0.15, 0.2) is 71.6 Å². The van der Waals surface area contributed by atoms with E-state index in [0.29, 0.717) is 16.1 Å². The fourth-order valence-corrected chi connectivity index (χ4v) is 4.96. The molecule has 3 rings (SSSR count). The van der Waals surface area contributed by atoms with E-state index in [4.69, 9.17) is 11.6 Å². The Kier molecular flexibility index (Phi) is 7.04. The molecule has 0 radical (unpaired) electrons. The molecule has 0 bridgehead atoms. The number of rotatable bonds is 6. The Hall–Kier alpha value is -3.04. The van der Waals surface area contributed by atoms with Crippen LogP contribution in [-0.4, -0.2) is 20.9 Å². The number of nitrogens with zero attached hydrogens (tertiary/aromatic N) is 1. The summed E-state index contributed by atoms with van der Waals surface area (Å²) in [5.41, 5.74) is 0.663. The lowest BCUT2D eigenvalue weighted by Gasteiger charge is -2.25. The monoisotopic (exact) mass is 496 g/mol. The zero-order chi connectivity index (χ0) is 24.4. The normalized spacial score (nSPS) is 11.8. The highest BCUT2D eigenvalue weighted by atomic mass is 35.5. The summed E-state index contributed by atoms with van der Waals surface area (Å²) in [6, 6.07) is 15.1. The summed E-state index contributed by atoms with van der Waals surface area (Å²) in [5, 5.41) is 2.03. The predicted octanol–water partition coefficient (Wildman–Crippen LogP) is 5.81. The van der Waals surface area contributed by atoms with Crippen LogP contribution in [0.5, 0.6) is 0 Å². The number of amides is 1. The Morgan fingerprint density at radius 3 is 2.15 bits per heavy atom. The number of hydrogen-bond acceptors (Lipinski definition) is 3. The van der Waals surface area contributed by atoms with Crippen LogP contribution in [-0.2, 0) is 21.0 Å². The molecule has 0 saturated heterocycles. The molecule has 174 valence electrons. The second-order valence-corrected chi connectivity index (χ2v) is 9.68. The van der Waals surface area contributed by atoms with Gasteiger partial charge < -0.3 is 5.32 Å². The zero-order valence-electron chi connectivity index (χ0n) is 17.7. The van der Waals surface area contributed by atoms with E-state index in [2.05, 4.69) is 5.32 Å². The molecule has 3 aromatic rings. The molecule has 0 spiro atoms. The Morgan fingerprint density at radius 2 is 1.58 bits per heavy atom. The number of halogens is 4. The van der Waals surface area contributed by atoms with Crippen molar-refractivity contribution in [3.05, 3.63) is 88.4 Å². The van der Waals surface area contributed by atoms with Crippen molar-refractivity contribution in [3.63, 3.8) is 0 Å². The third kappa shape index (κ3) is 5.85. The van der Waals surface area contributed by atoms with Gasteiger partial charge in [0.15, 0.2) is 0 Å². The fourth-order valence-electron chi connectivity index (χ4n) is 3.30. The second kappa shape index (κ2) is 9.44. The molecule has 0 heterocycles. The minimum absolute atomic E-state index is 0.173. The van der Waals surface area contributed by atoms with Gasteiger partial charge in [-0.2, -0.15) is 13.2 Å². The summed E-state index contributed by atoms with van der Waals surface area (Å²) >= 11 is 5.69. The van der Waals surface area contributed by atoms with E-state index >= 15 is 0 Å². The Labute approximate surface area is 194 Å². The number of aryl methyl sites for hydroxylation is 2. The van der Waals surface area contributed by atoms with Gasteiger partial charge in [0.1, 0.15) is 6.54 Å². The first kappa shape index (κ1) is 24.6. The minimum atomic E-state index is -4.81. The summed E-state index contributed by atoms with van der Waals surface area (Å²) in [4.78, 5) is 12.6. The molecule has 10 heteroatoms. The molecule has 0 unspecified atom stereocenters. The van der Waals surface area contributed by atoms with E-state index < -0.39 is 39.2 Å². The first-order valence-electron chi connectivity index (χ1n) is 9.70. The van der Waals surface area contributed by atoms with E-state index in [1.54, 1.807) is 18.2 Å². The number of nitrogens with one attached hydrogen (secondary N) is 1. The number of carbonyl (C=O) groups excluding carboxylic acids is 1. The molecule has 0 fully saturated rings. The van der Waals surface area contributed by atoms with E-state index in [1.165, 1.54) is 24.3 Å². The third-order valence-electron chi connectivity index (χ3n) is 4.67. The molecule has 33 heavy (non-hydrogen) atoms. The Bertz CT molecular complexity index is 1260. The van der Waals surface area contributed by atoms with Gasteiger partial charge in [-0.3, -0.25) is 9.10 Å². The first-order chi connectivity index (χ1) is 15.4. The number of anilines is 2. The van der Waals surface area contributed by atoms with Gasteiger partial charge in [0, 0.05) is 5.69 Å². The molecule has 5 nitrogen and oxygen atoms in total. The molecular weight excluding hydrogens is 477 g/mol. The van der Waals surface area contributed by atoms with Gasteiger partial charge in [-0.05, 0) is 67.4 Å². The van der Waals surface area contributed by atoms with Gasteiger partial charge >= 0.3 is 6.18 Å². The van der Waals surface area contributed by atoms with Crippen molar-refractivity contribution in [2.24, 2.45) is 0 Å². The van der Waals surface area contributed by atoms with Gasteiger partial charge in [-0.1, -0.05) is 35.9 Å². The van der Waals surface area contributed by atoms with Gasteiger partial charge in [-0.15, -0.1) is 0 Å². The van der Waals surface area contributed by atoms with Crippen molar-refractivity contribution in [2.45, 2.75) is 24.9 Å². The molecule has 0 aliphatic carbocycles. The topological polar surface area (TPSA) is 66.5 Å². The maximum absolute atomic E-state index is 13.4. The zero-order valence-corrected chi connectivity index (χ0v) is 19.2. The average Bonchev–Trinajstić information content (AvgIpc) is 2.71. The summed E-state index contributed by atoms with van der Waals surface area (Å²) in [7, 11) is -4.37. The molecule has 1 amide bonds. The maximum atomic E-state index is 13.4. The van der Waals surface area contributed by atoms with E-state index in [-0.39, 0.29) is 10.6 Å². The number of carbonyl (C=O) groups is 1. The smallest absolute Gasteiger partial charge is 0.324 e.